The van der Waals surface area contributed by atoms with Crippen LogP contribution in [0, 0.1) is 0 Å². The first-order chi connectivity index (χ1) is 14.5. The van der Waals surface area contributed by atoms with Crippen LogP contribution in [0.4, 0.5) is 0 Å². The Labute approximate surface area is 193 Å². The number of amides is 1. The molecule has 0 saturated carbocycles. The highest BCUT2D eigenvalue weighted by Crippen LogP contribution is 2.33. The van der Waals surface area contributed by atoms with Crippen LogP contribution in [-0.2, 0) is 9.59 Å². The van der Waals surface area contributed by atoms with Crippen LogP contribution in [0.5, 0.6) is 0 Å². The van der Waals surface area contributed by atoms with E-state index in [2.05, 4.69) is 0 Å². The Balaban J connectivity index is 1.67. The molecule has 0 radical (unpaired) electrons. The van der Waals surface area contributed by atoms with Crippen LogP contribution in [0.1, 0.15) is 63.4 Å². The lowest BCUT2D eigenvalue weighted by Crippen LogP contribution is -2.29. The Hall–Kier alpha value is -1.63. The quantitative estimate of drug-likeness (QED) is 0.202. The molecule has 1 heterocycles. The zero-order valence-electron chi connectivity index (χ0n) is 17.0. The Bertz CT molecular complexity index is 793. The van der Waals surface area contributed by atoms with Gasteiger partial charge >= 0.3 is 5.97 Å². The molecule has 0 aliphatic carbocycles. The molecule has 1 aromatic carbocycles. The van der Waals surface area contributed by atoms with E-state index in [1.165, 1.54) is 11.8 Å². The fourth-order valence-corrected chi connectivity index (χ4v) is 4.77. The first kappa shape index (κ1) is 24.6. The summed E-state index contributed by atoms with van der Waals surface area (Å²) in [4.78, 5) is 25.3. The van der Waals surface area contributed by atoms with Crippen molar-refractivity contribution >= 4 is 57.9 Å². The highest BCUT2D eigenvalue weighted by molar-refractivity contribution is 8.26. The molecule has 1 aliphatic rings. The van der Waals surface area contributed by atoms with E-state index in [1.807, 2.05) is 36.4 Å². The van der Waals surface area contributed by atoms with Crippen molar-refractivity contribution in [2.75, 3.05) is 6.54 Å². The van der Waals surface area contributed by atoms with Gasteiger partial charge in [-0.3, -0.25) is 14.5 Å². The summed E-state index contributed by atoms with van der Waals surface area (Å²) in [6.07, 6.45) is 12.0. The van der Waals surface area contributed by atoms with E-state index in [0.717, 1.165) is 56.9 Å². The number of allylic oxidation sites excluding steroid dienone is 2. The highest BCUT2D eigenvalue weighted by atomic mass is 35.5. The molecule has 4 nitrogen and oxygen atoms in total. The lowest BCUT2D eigenvalue weighted by Gasteiger charge is -2.14. The number of halogens is 1. The van der Waals surface area contributed by atoms with Crippen molar-refractivity contribution < 1.29 is 14.7 Å². The first-order valence-electron chi connectivity index (χ1n) is 10.4. The van der Waals surface area contributed by atoms with E-state index in [1.54, 1.807) is 11.0 Å². The molecule has 1 N–H and O–H groups in total. The van der Waals surface area contributed by atoms with Crippen molar-refractivity contribution in [2.24, 2.45) is 0 Å². The largest absolute Gasteiger partial charge is 0.481 e. The third-order valence-corrected chi connectivity index (χ3v) is 6.37. The van der Waals surface area contributed by atoms with Gasteiger partial charge in [0.1, 0.15) is 4.32 Å². The third-order valence-electron chi connectivity index (χ3n) is 4.77. The number of hydrogen-bond acceptors (Lipinski definition) is 4. The van der Waals surface area contributed by atoms with Crippen LogP contribution in [-0.4, -0.2) is 32.7 Å². The lowest BCUT2D eigenvalue weighted by molar-refractivity contribution is -0.137. The summed E-state index contributed by atoms with van der Waals surface area (Å²) >= 11 is 13.0. The van der Waals surface area contributed by atoms with Crippen LogP contribution in [0.25, 0.3) is 6.08 Å². The molecule has 2 rings (SSSR count). The number of unbranched alkanes of at least 4 members (excludes halogenated alkanes) is 7. The summed E-state index contributed by atoms with van der Waals surface area (Å²) < 4.78 is 0.592. The molecule has 1 fully saturated rings. The summed E-state index contributed by atoms with van der Waals surface area (Å²) in [5.74, 6) is -0.780. The number of carbonyl (C=O) groups is 2. The van der Waals surface area contributed by atoms with Crippen LogP contribution in [0.3, 0.4) is 0 Å². The molecule has 1 saturated heterocycles. The minimum Gasteiger partial charge on any atom is -0.481 e. The normalized spacial score (nSPS) is 16.0. The molecule has 30 heavy (non-hydrogen) atoms. The van der Waals surface area contributed by atoms with Gasteiger partial charge in [0.05, 0.1) is 4.91 Å². The summed E-state index contributed by atoms with van der Waals surface area (Å²) in [5.41, 5.74) is 0.983. The van der Waals surface area contributed by atoms with Crippen molar-refractivity contribution in [1.29, 1.82) is 0 Å². The van der Waals surface area contributed by atoms with Crippen molar-refractivity contribution in [1.82, 2.24) is 4.90 Å². The molecule has 0 unspecified atom stereocenters. The van der Waals surface area contributed by atoms with Crippen molar-refractivity contribution in [3.63, 3.8) is 0 Å². The number of aliphatic carboxylic acids is 1. The predicted octanol–water partition coefficient (Wildman–Crippen LogP) is 6.61. The number of carboxylic acids is 1. The fraction of sp³-hybridized carbons (Fsp3) is 0.435. The van der Waals surface area contributed by atoms with Crippen LogP contribution >= 0.6 is 35.6 Å². The number of thiocarbonyl (C=S) groups is 1. The molecule has 0 bridgehead atoms. The third kappa shape index (κ3) is 9.02. The van der Waals surface area contributed by atoms with Crippen LogP contribution in [0.15, 0.2) is 46.3 Å². The minimum atomic E-state index is -0.713. The van der Waals surface area contributed by atoms with Gasteiger partial charge in [0.25, 0.3) is 5.91 Å². The van der Waals surface area contributed by atoms with Gasteiger partial charge in [0.2, 0.25) is 0 Å². The Morgan fingerprint density at radius 3 is 2.27 bits per heavy atom. The van der Waals surface area contributed by atoms with Gasteiger partial charge in [0.15, 0.2) is 0 Å². The zero-order chi connectivity index (χ0) is 21.8. The van der Waals surface area contributed by atoms with Crippen molar-refractivity contribution in [3.8, 4) is 0 Å². The minimum absolute atomic E-state index is 0.0666. The zero-order valence-corrected chi connectivity index (χ0v) is 19.4. The second-order valence-corrected chi connectivity index (χ2v) is 9.36. The second kappa shape index (κ2) is 13.6. The second-order valence-electron chi connectivity index (χ2n) is 7.25. The maximum absolute atomic E-state index is 12.6. The van der Waals surface area contributed by atoms with Gasteiger partial charge in [-0.2, -0.15) is 0 Å². The fourth-order valence-electron chi connectivity index (χ4n) is 3.17. The van der Waals surface area contributed by atoms with Crippen LogP contribution < -0.4 is 0 Å². The van der Waals surface area contributed by atoms with Gasteiger partial charge in [-0.05, 0) is 30.6 Å². The van der Waals surface area contributed by atoms with E-state index in [0.29, 0.717) is 20.8 Å². The van der Waals surface area contributed by atoms with Gasteiger partial charge < -0.3 is 5.11 Å². The summed E-state index contributed by atoms with van der Waals surface area (Å²) in [5, 5.41) is 9.11. The van der Waals surface area contributed by atoms with Gasteiger partial charge in [0, 0.05) is 18.0 Å². The molecular weight excluding hydrogens is 438 g/mol. The van der Waals surface area contributed by atoms with E-state index >= 15 is 0 Å². The lowest BCUT2D eigenvalue weighted by atomic mass is 10.1. The Morgan fingerprint density at radius 2 is 1.63 bits per heavy atom. The van der Waals surface area contributed by atoms with Crippen LogP contribution in [0.2, 0.25) is 0 Å². The topological polar surface area (TPSA) is 57.6 Å². The SMILES string of the molecule is O=C(O)CCCCCCCCCCN1C(=O)C(=CC(Cl)=Cc2ccccc2)SC1=S. The molecule has 0 aromatic heterocycles. The molecular formula is C23H28ClNO3S2. The molecule has 162 valence electrons. The number of hydrogen-bond donors (Lipinski definition) is 1. The summed E-state index contributed by atoms with van der Waals surface area (Å²) in [7, 11) is 0. The number of nitrogens with zero attached hydrogens (tertiary/aromatic N) is 1. The average molecular weight is 466 g/mol. The molecule has 1 aliphatic heterocycles. The van der Waals surface area contributed by atoms with Crippen molar-refractivity contribution in [2.45, 2.75) is 57.8 Å². The summed E-state index contributed by atoms with van der Waals surface area (Å²) in [6.45, 7) is 0.640. The van der Waals surface area contributed by atoms with Gasteiger partial charge in [-0.25, -0.2) is 0 Å². The average Bonchev–Trinajstić information content (AvgIpc) is 2.96. The van der Waals surface area contributed by atoms with Crippen molar-refractivity contribution in [3.05, 3.63) is 51.9 Å². The highest BCUT2D eigenvalue weighted by Gasteiger charge is 2.31. The van der Waals surface area contributed by atoms with E-state index in [9.17, 15) is 9.59 Å². The molecule has 0 spiro atoms. The molecule has 1 aromatic rings. The monoisotopic (exact) mass is 465 g/mol. The van der Waals surface area contributed by atoms with E-state index in [4.69, 9.17) is 28.9 Å². The van der Waals surface area contributed by atoms with Gasteiger partial charge in [-0.1, -0.05) is 104 Å². The van der Waals surface area contributed by atoms with E-state index in [-0.39, 0.29) is 12.3 Å². The van der Waals surface area contributed by atoms with E-state index < -0.39 is 5.97 Å². The first-order valence-corrected chi connectivity index (χ1v) is 12.0. The number of benzene rings is 1. The smallest absolute Gasteiger partial charge is 0.303 e. The standard InChI is InChI=1S/C23H28ClNO3S2/c24-19(16-18-12-8-7-9-13-18)17-20-22(28)25(23(29)30-20)15-11-6-4-2-1-3-5-10-14-21(26)27/h7-9,12-13,16-17H,1-6,10-11,14-15H2,(H,26,27). The maximum atomic E-state index is 12.6. The molecule has 0 atom stereocenters. The number of carboxylic acid groups (broad SMARTS) is 1. The number of rotatable bonds is 13. The summed E-state index contributed by atoms with van der Waals surface area (Å²) in [6, 6.07) is 9.73. The van der Waals surface area contributed by atoms with Gasteiger partial charge in [-0.15, -0.1) is 0 Å². The maximum Gasteiger partial charge on any atom is 0.303 e. The Morgan fingerprint density at radius 1 is 1.03 bits per heavy atom. The number of thioether (sulfide) groups is 1. The number of carbonyl (C=O) groups excluding carboxylic acids is 1. The Kier molecular flexibility index (Phi) is 11.2. The predicted molar refractivity (Wildman–Crippen MR) is 129 cm³/mol. The molecule has 1 amide bonds. The molecule has 7 heteroatoms.